The van der Waals surface area contributed by atoms with Crippen LogP contribution in [-0.2, 0) is 11.2 Å². The Labute approximate surface area is 124 Å². The molecule has 0 aromatic heterocycles. The van der Waals surface area contributed by atoms with Crippen molar-refractivity contribution in [1.82, 2.24) is 0 Å². The molecule has 0 aliphatic heterocycles. The topological polar surface area (TPSA) is 41.5 Å². The average molecular weight is 330 g/mol. The fourth-order valence-electron chi connectivity index (χ4n) is 1.75. The predicted octanol–water partition coefficient (Wildman–Crippen LogP) is 3.46. The molecule has 1 aromatic carbocycles. The molecule has 0 bridgehead atoms. The summed E-state index contributed by atoms with van der Waals surface area (Å²) in [5.74, 6) is 0.498. The Hall–Kier alpha value is -0.580. The molecule has 3 nitrogen and oxygen atoms in total. The first-order chi connectivity index (χ1) is 9.02. The maximum absolute atomic E-state index is 9.84. The van der Waals surface area contributed by atoms with Crippen molar-refractivity contribution in [3.8, 4) is 0 Å². The molecule has 0 fully saturated rings. The monoisotopic (exact) mass is 329 g/mol. The van der Waals surface area contributed by atoms with Crippen molar-refractivity contribution < 1.29 is 9.84 Å². The van der Waals surface area contributed by atoms with Crippen LogP contribution in [0.2, 0.25) is 0 Å². The van der Waals surface area contributed by atoms with Gasteiger partial charge in [0.2, 0.25) is 0 Å². The summed E-state index contributed by atoms with van der Waals surface area (Å²) in [6, 6.07) is 6.14. The lowest BCUT2D eigenvalue weighted by atomic mass is 10.1. The fraction of sp³-hybridized carbons (Fsp3) is 0.600. The van der Waals surface area contributed by atoms with Gasteiger partial charge < -0.3 is 15.2 Å². The molecule has 0 spiro atoms. The number of benzene rings is 1. The minimum Gasteiger partial charge on any atom is -0.389 e. The molecule has 108 valence electrons. The van der Waals surface area contributed by atoms with Gasteiger partial charge in [0, 0.05) is 23.3 Å². The number of nitrogens with one attached hydrogen (secondary N) is 1. The molecular formula is C15H24BrNO2. The predicted molar refractivity (Wildman–Crippen MR) is 83.7 cm³/mol. The Morgan fingerprint density at radius 2 is 2.05 bits per heavy atom. The Kier molecular flexibility index (Phi) is 7.42. The largest absolute Gasteiger partial charge is 0.389 e. The van der Waals surface area contributed by atoms with Gasteiger partial charge in [-0.1, -0.05) is 36.7 Å². The van der Waals surface area contributed by atoms with Crippen LogP contribution in [0, 0.1) is 5.92 Å². The van der Waals surface area contributed by atoms with Crippen molar-refractivity contribution in [1.29, 1.82) is 0 Å². The van der Waals surface area contributed by atoms with Gasteiger partial charge >= 0.3 is 0 Å². The van der Waals surface area contributed by atoms with E-state index in [1.165, 1.54) is 5.56 Å². The minimum atomic E-state index is -0.480. The lowest BCUT2D eigenvalue weighted by Crippen LogP contribution is -2.26. The first kappa shape index (κ1) is 16.5. The van der Waals surface area contributed by atoms with Gasteiger partial charge in [-0.2, -0.15) is 0 Å². The summed E-state index contributed by atoms with van der Waals surface area (Å²) in [6.45, 7) is 7.89. The van der Waals surface area contributed by atoms with E-state index in [0.717, 1.165) is 16.6 Å². The molecule has 4 heteroatoms. The van der Waals surface area contributed by atoms with E-state index in [-0.39, 0.29) is 0 Å². The Morgan fingerprint density at radius 1 is 1.32 bits per heavy atom. The van der Waals surface area contributed by atoms with Crippen LogP contribution >= 0.6 is 15.9 Å². The van der Waals surface area contributed by atoms with E-state index in [2.05, 4.69) is 48.1 Å². The smallest absolute Gasteiger partial charge is 0.0945 e. The molecule has 0 aliphatic rings. The van der Waals surface area contributed by atoms with Crippen molar-refractivity contribution in [3.63, 3.8) is 0 Å². The molecule has 0 saturated carbocycles. The van der Waals surface area contributed by atoms with Crippen molar-refractivity contribution in [2.24, 2.45) is 5.92 Å². The summed E-state index contributed by atoms with van der Waals surface area (Å²) in [7, 11) is 0. The van der Waals surface area contributed by atoms with Crippen LogP contribution in [-0.4, -0.2) is 31.0 Å². The molecule has 0 radical (unpaired) electrons. The zero-order valence-corrected chi connectivity index (χ0v) is 13.5. The van der Waals surface area contributed by atoms with Gasteiger partial charge in [-0.05, 0) is 36.1 Å². The zero-order valence-electron chi connectivity index (χ0n) is 11.9. The maximum Gasteiger partial charge on any atom is 0.0945 e. The van der Waals surface area contributed by atoms with E-state index in [1.54, 1.807) is 0 Å². The van der Waals surface area contributed by atoms with E-state index in [0.29, 0.717) is 25.7 Å². The number of rotatable bonds is 8. The number of hydrogen-bond acceptors (Lipinski definition) is 3. The number of aliphatic hydroxyl groups excluding tert-OH is 1. The molecule has 0 saturated heterocycles. The highest BCUT2D eigenvalue weighted by Crippen LogP contribution is 2.21. The summed E-state index contributed by atoms with van der Waals surface area (Å²) >= 11 is 3.47. The number of hydrogen-bond donors (Lipinski definition) is 2. The summed E-state index contributed by atoms with van der Waals surface area (Å²) in [4.78, 5) is 0. The Bertz CT molecular complexity index is 382. The summed E-state index contributed by atoms with van der Waals surface area (Å²) in [5.41, 5.74) is 2.32. The van der Waals surface area contributed by atoms with E-state index in [4.69, 9.17) is 4.74 Å². The molecule has 1 unspecified atom stereocenters. The van der Waals surface area contributed by atoms with E-state index >= 15 is 0 Å². The summed E-state index contributed by atoms with van der Waals surface area (Å²) in [6.07, 6.45) is 0.481. The summed E-state index contributed by atoms with van der Waals surface area (Å²) < 4.78 is 6.50. The fourth-order valence-corrected chi connectivity index (χ4v) is 2.16. The highest BCUT2D eigenvalue weighted by atomic mass is 79.9. The second-order valence-corrected chi connectivity index (χ2v) is 6.04. The molecule has 19 heavy (non-hydrogen) atoms. The third-order valence-corrected chi connectivity index (χ3v) is 3.23. The van der Waals surface area contributed by atoms with Gasteiger partial charge in [-0.25, -0.2) is 0 Å². The van der Waals surface area contributed by atoms with Crippen LogP contribution in [0.5, 0.6) is 0 Å². The van der Waals surface area contributed by atoms with Crippen molar-refractivity contribution in [3.05, 3.63) is 28.2 Å². The van der Waals surface area contributed by atoms with Gasteiger partial charge in [0.15, 0.2) is 0 Å². The third-order valence-electron chi connectivity index (χ3n) is 2.74. The quantitative estimate of drug-likeness (QED) is 0.767. The second-order valence-electron chi connectivity index (χ2n) is 5.12. The first-order valence-electron chi connectivity index (χ1n) is 6.81. The number of aryl methyl sites for hydroxylation is 1. The number of halogens is 1. The lowest BCUT2D eigenvalue weighted by Gasteiger charge is -2.16. The SMILES string of the molecule is CCc1cc(Br)ccc1NCC(O)COCC(C)C. The third kappa shape index (κ3) is 6.41. The Balaban J connectivity index is 2.39. The van der Waals surface area contributed by atoms with E-state index in [1.807, 2.05) is 12.1 Å². The van der Waals surface area contributed by atoms with Gasteiger partial charge in [-0.15, -0.1) is 0 Å². The van der Waals surface area contributed by atoms with Crippen molar-refractivity contribution in [2.45, 2.75) is 33.3 Å². The highest BCUT2D eigenvalue weighted by Gasteiger charge is 2.07. The van der Waals surface area contributed by atoms with E-state index < -0.39 is 6.10 Å². The van der Waals surface area contributed by atoms with Crippen LogP contribution in [0.1, 0.15) is 26.3 Å². The van der Waals surface area contributed by atoms with Crippen LogP contribution < -0.4 is 5.32 Å². The first-order valence-corrected chi connectivity index (χ1v) is 7.60. The van der Waals surface area contributed by atoms with Crippen LogP contribution in [0.25, 0.3) is 0 Å². The molecule has 1 rings (SSSR count). The summed E-state index contributed by atoms with van der Waals surface area (Å²) in [5, 5.41) is 13.1. The van der Waals surface area contributed by atoms with Crippen LogP contribution in [0.3, 0.4) is 0 Å². The molecule has 0 heterocycles. The van der Waals surface area contributed by atoms with E-state index in [9.17, 15) is 5.11 Å². The van der Waals surface area contributed by atoms with Crippen molar-refractivity contribution >= 4 is 21.6 Å². The Morgan fingerprint density at radius 3 is 2.68 bits per heavy atom. The van der Waals surface area contributed by atoms with Crippen molar-refractivity contribution in [2.75, 3.05) is 25.1 Å². The molecule has 2 N–H and O–H groups in total. The molecule has 0 amide bonds. The van der Waals surface area contributed by atoms with Gasteiger partial charge in [0.25, 0.3) is 0 Å². The minimum absolute atomic E-state index is 0.378. The number of anilines is 1. The average Bonchev–Trinajstić information content (AvgIpc) is 2.36. The maximum atomic E-state index is 9.84. The highest BCUT2D eigenvalue weighted by molar-refractivity contribution is 9.10. The molecular weight excluding hydrogens is 306 g/mol. The van der Waals surface area contributed by atoms with Gasteiger partial charge in [0.1, 0.15) is 0 Å². The standard InChI is InChI=1S/C15H24BrNO2/c1-4-12-7-13(16)5-6-15(12)17-8-14(18)10-19-9-11(2)3/h5-7,11,14,17-18H,4,8-10H2,1-3H3. The number of aliphatic hydroxyl groups is 1. The molecule has 1 aromatic rings. The van der Waals surface area contributed by atoms with Gasteiger partial charge in [0.05, 0.1) is 12.7 Å². The molecule has 1 atom stereocenters. The molecule has 0 aliphatic carbocycles. The van der Waals surface area contributed by atoms with Gasteiger partial charge in [-0.3, -0.25) is 0 Å². The zero-order chi connectivity index (χ0) is 14.3. The second kappa shape index (κ2) is 8.56. The normalized spacial score (nSPS) is 12.7. The van der Waals surface area contributed by atoms with Crippen LogP contribution in [0.15, 0.2) is 22.7 Å². The number of ether oxygens (including phenoxy) is 1. The van der Waals surface area contributed by atoms with Crippen LogP contribution in [0.4, 0.5) is 5.69 Å². The lowest BCUT2D eigenvalue weighted by molar-refractivity contribution is 0.0318.